The molecule has 0 unspecified atom stereocenters. The van der Waals surface area contributed by atoms with Gasteiger partial charge in [0.1, 0.15) is 0 Å². The number of benzene rings is 2. The summed E-state index contributed by atoms with van der Waals surface area (Å²) in [5.74, 6) is -0.283. The van der Waals surface area contributed by atoms with Crippen LogP contribution in [0.25, 0.3) is 10.9 Å². The van der Waals surface area contributed by atoms with Crippen molar-refractivity contribution in [3.05, 3.63) is 65.4 Å². The molecule has 0 saturated carbocycles. The average Bonchev–Trinajstić information content (AvgIpc) is 3.01. The van der Waals surface area contributed by atoms with Crippen LogP contribution in [-0.4, -0.2) is 22.5 Å². The number of carbonyl (C=O) groups excluding carboxylic acids is 1. The van der Waals surface area contributed by atoms with Crippen molar-refractivity contribution in [1.29, 1.82) is 0 Å². The van der Waals surface area contributed by atoms with Gasteiger partial charge in [-0.2, -0.15) is 0 Å². The molecule has 1 aliphatic rings. The molecule has 1 aliphatic heterocycles. The first-order valence-corrected chi connectivity index (χ1v) is 7.80. The molecular weight excluding hydrogens is 288 g/mol. The van der Waals surface area contributed by atoms with Gasteiger partial charge in [0, 0.05) is 34.3 Å². The highest BCUT2D eigenvalue weighted by molar-refractivity contribution is 6.11. The van der Waals surface area contributed by atoms with Gasteiger partial charge in [-0.1, -0.05) is 36.4 Å². The van der Waals surface area contributed by atoms with Crippen LogP contribution in [-0.2, 0) is 10.4 Å². The van der Waals surface area contributed by atoms with Crippen molar-refractivity contribution >= 4 is 22.5 Å². The highest BCUT2D eigenvalue weighted by Crippen LogP contribution is 2.47. The third-order valence-corrected chi connectivity index (χ3v) is 4.71. The number of anilines is 1. The lowest BCUT2D eigenvalue weighted by atomic mass is 9.85. The van der Waals surface area contributed by atoms with E-state index in [0.717, 1.165) is 22.3 Å². The van der Waals surface area contributed by atoms with Crippen molar-refractivity contribution in [2.45, 2.75) is 19.4 Å². The maximum absolute atomic E-state index is 13.1. The van der Waals surface area contributed by atoms with Gasteiger partial charge in [-0.3, -0.25) is 4.79 Å². The Morgan fingerprint density at radius 1 is 1.13 bits per heavy atom. The number of H-pyrrole nitrogens is 1. The van der Waals surface area contributed by atoms with Gasteiger partial charge < -0.3 is 15.0 Å². The molecule has 0 saturated heterocycles. The quantitative estimate of drug-likeness (QED) is 0.764. The number of hydrogen-bond acceptors (Lipinski definition) is 2. The third-order valence-electron chi connectivity index (χ3n) is 4.71. The Labute approximate surface area is 134 Å². The first kappa shape index (κ1) is 14.0. The molecule has 1 amide bonds. The van der Waals surface area contributed by atoms with E-state index >= 15 is 0 Å². The van der Waals surface area contributed by atoms with Crippen LogP contribution in [0.4, 0.5) is 5.69 Å². The third kappa shape index (κ3) is 1.67. The molecular formula is C19H18N2O2. The number of para-hydroxylation sites is 2. The summed E-state index contributed by atoms with van der Waals surface area (Å²) >= 11 is 0. The second-order valence-electron chi connectivity index (χ2n) is 5.95. The Bertz CT molecular complexity index is 928. The second kappa shape index (κ2) is 4.70. The van der Waals surface area contributed by atoms with Gasteiger partial charge in [-0.25, -0.2) is 0 Å². The van der Waals surface area contributed by atoms with Gasteiger partial charge in [0.15, 0.2) is 5.60 Å². The van der Waals surface area contributed by atoms with E-state index in [2.05, 4.69) is 4.98 Å². The molecule has 0 radical (unpaired) electrons. The molecule has 4 heteroatoms. The standard InChI is InChI=1S/C19H18N2O2/c1-3-21-16-11-7-5-9-14(16)19(23,18(21)22)17-12(2)20-15-10-6-4-8-13(15)17/h4-11,20,23H,3H2,1-2H3/t19-/m0/s1. The van der Waals surface area contributed by atoms with Crippen molar-refractivity contribution in [2.75, 3.05) is 11.4 Å². The molecule has 23 heavy (non-hydrogen) atoms. The van der Waals surface area contributed by atoms with Crippen LogP contribution >= 0.6 is 0 Å². The van der Waals surface area contributed by atoms with Crippen LogP contribution in [0.3, 0.4) is 0 Å². The fourth-order valence-corrected chi connectivity index (χ4v) is 3.73. The fraction of sp³-hybridized carbons (Fsp3) is 0.211. The summed E-state index contributed by atoms with van der Waals surface area (Å²) in [4.78, 5) is 18.0. The van der Waals surface area contributed by atoms with Gasteiger partial charge in [0.05, 0.1) is 5.69 Å². The van der Waals surface area contributed by atoms with Gasteiger partial charge in [-0.15, -0.1) is 0 Å². The van der Waals surface area contributed by atoms with Crippen LogP contribution in [0.2, 0.25) is 0 Å². The van der Waals surface area contributed by atoms with Gasteiger partial charge >= 0.3 is 0 Å². The minimum Gasteiger partial charge on any atom is -0.372 e. The Hall–Kier alpha value is -2.59. The molecule has 4 nitrogen and oxygen atoms in total. The lowest BCUT2D eigenvalue weighted by molar-refractivity contribution is -0.132. The first-order valence-electron chi connectivity index (χ1n) is 7.80. The first-order chi connectivity index (χ1) is 11.1. The van der Waals surface area contributed by atoms with Crippen molar-refractivity contribution in [3.63, 3.8) is 0 Å². The van der Waals surface area contributed by atoms with Crippen molar-refractivity contribution in [3.8, 4) is 0 Å². The number of rotatable bonds is 2. The number of carbonyl (C=O) groups is 1. The Morgan fingerprint density at radius 2 is 1.83 bits per heavy atom. The average molecular weight is 306 g/mol. The Morgan fingerprint density at radius 3 is 2.61 bits per heavy atom. The van der Waals surface area contributed by atoms with Crippen LogP contribution in [0.1, 0.15) is 23.7 Å². The lowest BCUT2D eigenvalue weighted by Crippen LogP contribution is -2.41. The summed E-state index contributed by atoms with van der Waals surface area (Å²) in [7, 11) is 0. The van der Waals surface area contributed by atoms with Crippen molar-refractivity contribution < 1.29 is 9.90 Å². The lowest BCUT2D eigenvalue weighted by Gasteiger charge is -2.23. The summed E-state index contributed by atoms with van der Waals surface area (Å²) in [6.07, 6.45) is 0. The van der Waals surface area contributed by atoms with Crippen LogP contribution in [0, 0.1) is 6.92 Å². The molecule has 0 spiro atoms. The molecule has 4 rings (SSSR count). The van der Waals surface area contributed by atoms with Gasteiger partial charge in [0.2, 0.25) is 0 Å². The number of aliphatic hydroxyl groups is 1. The summed E-state index contributed by atoms with van der Waals surface area (Å²) in [5, 5.41) is 12.4. The SMILES string of the molecule is CCN1C(=O)[C@@](O)(c2c(C)[nH]c3ccccc23)c2ccccc21. The zero-order valence-electron chi connectivity index (χ0n) is 13.1. The minimum absolute atomic E-state index is 0.283. The van der Waals surface area contributed by atoms with Gasteiger partial charge in [-0.05, 0) is 26.0 Å². The van der Waals surface area contributed by atoms with E-state index in [9.17, 15) is 9.90 Å². The number of nitrogens with zero attached hydrogens (tertiary/aromatic N) is 1. The van der Waals surface area contributed by atoms with Crippen molar-refractivity contribution in [1.82, 2.24) is 4.98 Å². The number of aromatic amines is 1. The number of aromatic nitrogens is 1. The topological polar surface area (TPSA) is 56.3 Å². The monoisotopic (exact) mass is 306 g/mol. The highest BCUT2D eigenvalue weighted by Gasteiger charge is 2.52. The van der Waals surface area contributed by atoms with Crippen LogP contribution in [0.5, 0.6) is 0 Å². The summed E-state index contributed by atoms with van der Waals surface area (Å²) in [6, 6.07) is 15.2. The minimum atomic E-state index is -1.64. The molecule has 2 N–H and O–H groups in total. The number of aryl methyl sites for hydroxylation is 1. The predicted octanol–water partition coefficient (Wildman–Crippen LogP) is 3.08. The number of hydrogen-bond donors (Lipinski definition) is 2. The van der Waals surface area contributed by atoms with E-state index in [1.165, 1.54) is 0 Å². The molecule has 2 aromatic carbocycles. The molecule has 3 aromatic rings. The molecule has 0 bridgehead atoms. The smallest absolute Gasteiger partial charge is 0.268 e. The van der Waals surface area contributed by atoms with E-state index in [-0.39, 0.29) is 5.91 Å². The van der Waals surface area contributed by atoms with E-state index in [0.29, 0.717) is 17.7 Å². The molecule has 2 heterocycles. The zero-order chi connectivity index (χ0) is 16.2. The van der Waals surface area contributed by atoms with E-state index in [1.807, 2.05) is 62.4 Å². The zero-order valence-corrected chi connectivity index (χ0v) is 13.1. The van der Waals surface area contributed by atoms with E-state index < -0.39 is 5.60 Å². The molecule has 1 atom stereocenters. The van der Waals surface area contributed by atoms with Crippen molar-refractivity contribution in [2.24, 2.45) is 0 Å². The van der Waals surface area contributed by atoms with E-state index in [1.54, 1.807) is 4.90 Å². The summed E-state index contributed by atoms with van der Waals surface area (Å²) in [5.41, 5.74) is 2.19. The number of likely N-dealkylation sites (N-methyl/N-ethyl adjacent to an activating group) is 1. The number of fused-ring (bicyclic) bond motifs is 2. The molecule has 1 aromatic heterocycles. The largest absolute Gasteiger partial charge is 0.372 e. The Kier molecular flexibility index (Phi) is 2.87. The molecule has 0 aliphatic carbocycles. The van der Waals surface area contributed by atoms with E-state index in [4.69, 9.17) is 0 Å². The Balaban J connectivity index is 2.07. The summed E-state index contributed by atoms with van der Waals surface area (Å²) in [6.45, 7) is 4.35. The fourth-order valence-electron chi connectivity index (χ4n) is 3.73. The molecule has 0 fully saturated rings. The normalized spacial score (nSPS) is 20.3. The highest BCUT2D eigenvalue weighted by atomic mass is 16.3. The van der Waals surface area contributed by atoms with Crippen LogP contribution in [0.15, 0.2) is 48.5 Å². The predicted molar refractivity (Wildman–Crippen MR) is 90.5 cm³/mol. The van der Waals surface area contributed by atoms with Crippen LogP contribution < -0.4 is 4.90 Å². The van der Waals surface area contributed by atoms with Gasteiger partial charge in [0.25, 0.3) is 5.91 Å². The molecule has 116 valence electrons. The second-order valence-corrected chi connectivity index (χ2v) is 5.95. The summed E-state index contributed by atoms with van der Waals surface area (Å²) < 4.78 is 0. The maximum atomic E-state index is 13.1. The number of nitrogens with one attached hydrogen (secondary N) is 1. The maximum Gasteiger partial charge on any atom is 0.268 e. The number of amides is 1.